The number of hydrogen-bond donors (Lipinski definition) is 1. The van der Waals surface area contributed by atoms with Crippen LogP contribution in [0.3, 0.4) is 0 Å². The van der Waals surface area contributed by atoms with Gasteiger partial charge in [-0.1, -0.05) is 13.8 Å². The van der Waals surface area contributed by atoms with Crippen molar-refractivity contribution < 1.29 is 4.42 Å². The van der Waals surface area contributed by atoms with Gasteiger partial charge >= 0.3 is 0 Å². The number of likely N-dealkylation sites (tertiary alicyclic amines) is 1. The van der Waals surface area contributed by atoms with E-state index in [0.717, 1.165) is 24.0 Å². The van der Waals surface area contributed by atoms with Crippen LogP contribution in [0.4, 0.5) is 0 Å². The second kappa shape index (κ2) is 7.28. The minimum absolute atomic E-state index is 0.390. The third-order valence-corrected chi connectivity index (χ3v) is 4.16. The van der Waals surface area contributed by atoms with E-state index < -0.39 is 0 Å². The van der Waals surface area contributed by atoms with E-state index in [2.05, 4.69) is 43.1 Å². The molecule has 114 valence electrons. The van der Waals surface area contributed by atoms with Gasteiger partial charge < -0.3 is 9.73 Å². The Hall–Kier alpha value is -0.800. The summed E-state index contributed by atoms with van der Waals surface area (Å²) in [5.41, 5.74) is 0. The molecule has 0 aromatic carbocycles. The van der Waals surface area contributed by atoms with E-state index in [0.29, 0.717) is 12.1 Å². The molecule has 2 atom stereocenters. The number of nitrogens with one attached hydrogen (secondary N) is 1. The first-order valence-corrected chi connectivity index (χ1v) is 8.10. The molecule has 0 saturated carbocycles. The molecule has 0 spiro atoms. The molecule has 3 heteroatoms. The predicted octanol–water partition coefficient (Wildman–Crippen LogP) is 3.75. The van der Waals surface area contributed by atoms with Crippen molar-refractivity contribution in [2.24, 2.45) is 5.92 Å². The number of hydrogen-bond acceptors (Lipinski definition) is 3. The maximum Gasteiger partial charge on any atom is 0.122 e. The van der Waals surface area contributed by atoms with Gasteiger partial charge in [-0.3, -0.25) is 4.90 Å². The largest absolute Gasteiger partial charge is 0.465 e. The third-order valence-electron chi connectivity index (χ3n) is 4.16. The van der Waals surface area contributed by atoms with Crippen LogP contribution in [-0.2, 0) is 0 Å². The highest BCUT2D eigenvalue weighted by Gasteiger charge is 2.26. The molecule has 1 saturated heterocycles. The monoisotopic (exact) mass is 278 g/mol. The van der Waals surface area contributed by atoms with Crippen LogP contribution in [0.5, 0.6) is 0 Å². The molecule has 2 rings (SSSR count). The summed E-state index contributed by atoms with van der Waals surface area (Å²) < 4.78 is 5.89. The number of aryl methyl sites for hydroxylation is 1. The zero-order chi connectivity index (χ0) is 14.5. The van der Waals surface area contributed by atoms with Gasteiger partial charge in [0.1, 0.15) is 11.5 Å². The smallest absolute Gasteiger partial charge is 0.122 e. The normalized spacial score (nSPS) is 19.6. The summed E-state index contributed by atoms with van der Waals surface area (Å²) in [4.78, 5) is 2.56. The van der Waals surface area contributed by atoms with Gasteiger partial charge in [0.2, 0.25) is 0 Å². The number of rotatable bonds is 7. The minimum atomic E-state index is 0.390. The average Bonchev–Trinajstić information content (AvgIpc) is 3.01. The van der Waals surface area contributed by atoms with Gasteiger partial charge in [0.15, 0.2) is 0 Å². The quantitative estimate of drug-likeness (QED) is 0.823. The molecule has 0 amide bonds. The SMILES string of the molecule is Cc1ccc(C(CNC(C)CC(C)C)N2CCCC2)o1. The Bertz CT molecular complexity index is 393. The van der Waals surface area contributed by atoms with Crippen molar-refractivity contribution in [3.63, 3.8) is 0 Å². The van der Waals surface area contributed by atoms with E-state index in [1.165, 1.54) is 32.4 Å². The summed E-state index contributed by atoms with van der Waals surface area (Å²) in [5.74, 6) is 2.88. The lowest BCUT2D eigenvalue weighted by Gasteiger charge is -2.28. The lowest BCUT2D eigenvalue weighted by molar-refractivity contribution is 0.202. The Labute approximate surface area is 123 Å². The van der Waals surface area contributed by atoms with Crippen LogP contribution in [-0.4, -0.2) is 30.6 Å². The van der Waals surface area contributed by atoms with Crippen LogP contribution in [0.2, 0.25) is 0 Å². The molecular formula is C17H30N2O. The second-order valence-electron chi connectivity index (χ2n) is 6.65. The van der Waals surface area contributed by atoms with Crippen molar-refractivity contribution in [3.8, 4) is 0 Å². The molecule has 1 aliphatic heterocycles. The second-order valence-corrected chi connectivity index (χ2v) is 6.65. The maximum absolute atomic E-state index is 5.89. The van der Waals surface area contributed by atoms with Crippen molar-refractivity contribution in [2.75, 3.05) is 19.6 Å². The summed E-state index contributed by atoms with van der Waals surface area (Å²) in [5, 5.41) is 3.70. The average molecular weight is 278 g/mol. The first-order chi connectivity index (χ1) is 9.56. The Morgan fingerprint density at radius 2 is 1.90 bits per heavy atom. The Kier molecular flexibility index (Phi) is 5.67. The summed E-state index contributed by atoms with van der Waals surface area (Å²) in [6, 6.07) is 5.18. The molecule has 0 radical (unpaired) electrons. The van der Waals surface area contributed by atoms with Gasteiger partial charge in [-0.15, -0.1) is 0 Å². The van der Waals surface area contributed by atoms with Crippen molar-refractivity contribution in [3.05, 3.63) is 23.7 Å². The van der Waals surface area contributed by atoms with Crippen molar-refractivity contribution in [2.45, 2.75) is 59.0 Å². The fraction of sp³-hybridized carbons (Fsp3) is 0.765. The van der Waals surface area contributed by atoms with Crippen LogP contribution < -0.4 is 5.32 Å². The first-order valence-electron chi connectivity index (χ1n) is 8.10. The Morgan fingerprint density at radius 3 is 2.45 bits per heavy atom. The molecule has 1 aromatic rings. The molecule has 2 heterocycles. The number of furan rings is 1. The van der Waals surface area contributed by atoms with Crippen molar-refractivity contribution in [1.82, 2.24) is 10.2 Å². The van der Waals surface area contributed by atoms with E-state index in [9.17, 15) is 0 Å². The summed E-state index contributed by atoms with van der Waals surface area (Å²) in [6.07, 6.45) is 3.86. The fourth-order valence-corrected chi connectivity index (χ4v) is 3.20. The van der Waals surface area contributed by atoms with Gasteiger partial charge in [-0.2, -0.15) is 0 Å². The molecule has 1 N–H and O–H groups in total. The Morgan fingerprint density at radius 1 is 1.20 bits per heavy atom. The van der Waals surface area contributed by atoms with E-state index in [4.69, 9.17) is 4.42 Å². The van der Waals surface area contributed by atoms with Crippen molar-refractivity contribution >= 4 is 0 Å². The number of nitrogens with zero attached hydrogens (tertiary/aromatic N) is 1. The highest BCUT2D eigenvalue weighted by atomic mass is 16.3. The van der Waals surface area contributed by atoms with E-state index >= 15 is 0 Å². The molecule has 1 fully saturated rings. The molecule has 20 heavy (non-hydrogen) atoms. The zero-order valence-corrected chi connectivity index (χ0v) is 13.5. The standard InChI is InChI=1S/C17H30N2O/c1-13(2)11-14(3)18-12-16(19-9-5-6-10-19)17-8-7-15(4)20-17/h7-8,13-14,16,18H,5-6,9-12H2,1-4H3. The van der Waals surface area contributed by atoms with Crippen LogP contribution in [0, 0.1) is 12.8 Å². The highest BCUT2D eigenvalue weighted by Crippen LogP contribution is 2.26. The highest BCUT2D eigenvalue weighted by molar-refractivity contribution is 5.11. The van der Waals surface area contributed by atoms with Crippen LogP contribution in [0.15, 0.2) is 16.5 Å². The minimum Gasteiger partial charge on any atom is -0.465 e. The first kappa shape index (κ1) is 15.6. The zero-order valence-electron chi connectivity index (χ0n) is 13.5. The van der Waals surface area contributed by atoms with Crippen LogP contribution >= 0.6 is 0 Å². The molecule has 0 aliphatic carbocycles. The summed E-state index contributed by atoms with van der Waals surface area (Å²) in [6.45, 7) is 12.3. The third kappa shape index (κ3) is 4.35. The lowest BCUT2D eigenvalue weighted by Crippen LogP contribution is -2.38. The van der Waals surface area contributed by atoms with Gasteiger partial charge in [0.25, 0.3) is 0 Å². The van der Waals surface area contributed by atoms with Crippen molar-refractivity contribution in [1.29, 1.82) is 0 Å². The maximum atomic E-state index is 5.89. The lowest BCUT2D eigenvalue weighted by atomic mass is 10.0. The van der Waals surface area contributed by atoms with E-state index in [-0.39, 0.29) is 0 Å². The van der Waals surface area contributed by atoms with Gasteiger partial charge in [0.05, 0.1) is 6.04 Å². The molecule has 1 aliphatic rings. The summed E-state index contributed by atoms with van der Waals surface area (Å²) in [7, 11) is 0. The molecule has 0 bridgehead atoms. The summed E-state index contributed by atoms with van der Waals surface area (Å²) >= 11 is 0. The van der Waals surface area contributed by atoms with Gasteiger partial charge in [-0.05, 0) is 64.3 Å². The van der Waals surface area contributed by atoms with E-state index in [1.807, 2.05) is 6.92 Å². The molecule has 1 aromatic heterocycles. The molecule has 3 nitrogen and oxygen atoms in total. The molecular weight excluding hydrogens is 248 g/mol. The predicted molar refractivity (Wildman–Crippen MR) is 83.9 cm³/mol. The van der Waals surface area contributed by atoms with Gasteiger partial charge in [-0.25, -0.2) is 0 Å². The van der Waals surface area contributed by atoms with E-state index in [1.54, 1.807) is 0 Å². The van der Waals surface area contributed by atoms with Crippen LogP contribution in [0.1, 0.15) is 57.6 Å². The van der Waals surface area contributed by atoms with Crippen LogP contribution in [0.25, 0.3) is 0 Å². The Balaban J connectivity index is 1.96. The fourth-order valence-electron chi connectivity index (χ4n) is 3.20. The molecule has 2 unspecified atom stereocenters. The van der Waals surface area contributed by atoms with Gasteiger partial charge in [0, 0.05) is 12.6 Å². The topological polar surface area (TPSA) is 28.4 Å².